The van der Waals surface area contributed by atoms with Gasteiger partial charge < -0.3 is 5.11 Å². The predicted molar refractivity (Wildman–Crippen MR) is 65.2 cm³/mol. The molecule has 1 N–H and O–H groups in total. The molecule has 0 saturated heterocycles. The van der Waals surface area contributed by atoms with Crippen LogP contribution in [0.1, 0.15) is 6.92 Å². The van der Waals surface area contributed by atoms with E-state index in [1.165, 1.54) is 13.3 Å². The Bertz CT molecular complexity index is 607. The number of benzene rings is 1. The summed E-state index contributed by atoms with van der Waals surface area (Å²) < 4.78 is 0. The van der Waals surface area contributed by atoms with Crippen LogP contribution in [0.4, 0.5) is 5.82 Å². The first-order valence-corrected chi connectivity index (χ1v) is 5.29. The molecule has 0 spiro atoms. The third-order valence-electron chi connectivity index (χ3n) is 2.45. The summed E-state index contributed by atoms with van der Waals surface area (Å²) in [5, 5.41) is 9.48. The fourth-order valence-corrected chi connectivity index (χ4v) is 1.68. The van der Waals surface area contributed by atoms with Crippen molar-refractivity contribution in [1.82, 2.24) is 9.97 Å². The Morgan fingerprint density at radius 2 is 2.00 bits per heavy atom. The fourth-order valence-electron chi connectivity index (χ4n) is 1.68. The van der Waals surface area contributed by atoms with Crippen LogP contribution in [0.15, 0.2) is 30.6 Å². The molecule has 0 aliphatic carbocycles. The fraction of sp³-hybridized carbons (Fsp3) is 0.167. The number of aliphatic carboxylic acids is 1. The number of fused-ring (bicyclic) bond motifs is 1. The van der Waals surface area contributed by atoms with Crippen LogP contribution >= 0.6 is 0 Å². The van der Waals surface area contributed by atoms with E-state index in [1.54, 1.807) is 18.2 Å². The lowest BCUT2D eigenvalue weighted by atomic mass is 10.2. The molecule has 2 rings (SSSR count). The van der Waals surface area contributed by atoms with Crippen LogP contribution in [0.3, 0.4) is 0 Å². The Morgan fingerprint density at radius 3 is 2.67 bits per heavy atom. The molecule has 2 aromatic rings. The second kappa shape index (κ2) is 4.79. The Balaban J connectivity index is 2.57. The molecule has 0 saturated carbocycles. The number of amides is 1. The van der Waals surface area contributed by atoms with Crippen molar-refractivity contribution in [3.63, 3.8) is 0 Å². The second-order valence-electron chi connectivity index (χ2n) is 3.71. The topological polar surface area (TPSA) is 83.4 Å². The highest BCUT2D eigenvalue weighted by atomic mass is 16.4. The molecule has 0 fully saturated rings. The van der Waals surface area contributed by atoms with E-state index in [4.69, 9.17) is 5.11 Å². The van der Waals surface area contributed by atoms with Gasteiger partial charge in [-0.25, -0.2) is 9.97 Å². The van der Waals surface area contributed by atoms with Crippen molar-refractivity contribution >= 4 is 28.6 Å². The number of carboxylic acid groups (broad SMARTS) is 1. The van der Waals surface area contributed by atoms with Crippen LogP contribution in [-0.2, 0) is 9.59 Å². The van der Waals surface area contributed by atoms with Crippen molar-refractivity contribution in [2.24, 2.45) is 0 Å². The number of hydrogen-bond acceptors (Lipinski definition) is 4. The normalized spacial score (nSPS) is 10.3. The summed E-state index contributed by atoms with van der Waals surface area (Å²) in [5.41, 5.74) is 0.666. The summed E-state index contributed by atoms with van der Waals surface area (Å²) in [7, 11) is 0. The lowest BCUT2D eigenvalue weighted by molar-refractivity contribution is -0.136. The van der Waals surface area contributed by atoms with Crippen molar-refractivity contribution in [1.29, 1.82) is 0 Å². The molecule has 0 atom stereocenters. The zero-order valence-electron chi connectivity index (χ0n) is 9.70. The van der Waals surface area contributed by atoms with Gasteiger partial charge in [0.25, 0.3) is 0 Å². The number of carbonyl (C=O) groups excluding carboxylic acids is 1. The van der Waals surface area contributed by atoms with E-state index < -0.39 is 12.5 Å². The van der Waals surface area contributed by atoms with E-state index in [0.29, 0.717) is 16.7 Å². The highest BCUT2D eigenvalue weighted by Crippen LogP contribution is 2.22. The molecular weight excluding hydrogens is 234 g/mol. The monoisotopic (exact) mass is 245 g/mol. The summed E-state index contributed by atoms with van der Waals surface area (Å²) in [5.74, 6) is -1.15. The quantitative estimate of drug-likeness (QED) is 0.874. The maximum absolute atomic E-state index is 11.5. The molecule has 0 aliphatic rings. The van der Waals surface area contributed by atoms with E-state index in [0.717, 1.165) is 4.90 Å². The molecular formula is C12H11N3O3. The van der Waals surface area contributed by atoms with Crippen molar-refractivity contribution in [2.75, 3.05) is 11.4 Å². The van der Waals surface area contributed by atoms with Gasteiger partial charge in [-0.05, 0) is 12.1 Å². The standard InChI is InChI=1S/C12H11N3O3/c1-8(16)15(6-11(17)18)12-9-4-2-3-5-10(9)13-7-14-12/h2-5,7H,6H2,1H3,(H,17,18). The number of anilines is 1. The molecule has 18 heavy (non-hydrogen) atoms. The van der Waals surface area contributed by atoms with Crippen molar-refractivity contribution in [2.45, 2.75) is 6.92 Å². The van der Waals surface area contributed by atoms with Gasteiger partial charge in [0.1, 0.15) is 18.7 Å². The number of carbonyl (C=O) groups is 2. The lowest BCUT2D eigenvalue weighted by Crippen LogP contribution is -2.34. The van der Waals surface area contributed by atoms with E-state index >= 15 is 0 Å². The minimum absolute atomic E-state index is 0.315. The number of carboxylic acids is 1. The van der Waals surface area contributed by atoms with Gasteiger partial charge in [0.05, 0.1) is 5.52 Å². The zero-order chi connectivity index (χ0) is 13.1. The molecule has 1 heterocycles. The molecule has 0 radical (unpaired) electrons. The Hall–Kier alpha value is -2.50. The Kier molecular flexibility index (Phi) is 3.18. The van der Waals surface area contributed by atoms with Crippen molar-refractivity contribution < 1.29 is 14.7 Å². The van der Waals surface area contributed by atoms with Gasteiger partial charge in [0.15, 0.2) is 0 Å². The highest BCUT2D eigenvalue weighted by molar-refractivity contribution is 6.02. The molecule has 6 heteroatoms. The average molecular weight is 245 g/mol. The molecule has 92 valence electrons. The minimum Gasteiger partial charge on any atom is -0.480 e. The number of rotatable bonds is 3. The van der Waals surface area contributed by atoms with E-state index in [2.05, 4.69) is 9.97 Å². The Morgan fingerprint density at radius 1 is 1.28 bits per heavy atom. The van der Waals surface area contributed by atoms with Crippen molar-refractivity contribution in [3.05, 3.63) is 30.6 Å². The summed E-state index contributed by atoms with van der Waals surface area (Å²) in [6, 6.07) is 7.13. The zero-order valence-corrected chi connectivity index (χ0v) is 9.70. The minimum atomic E-state index is -1.09. The summed E-state index contributed by atoms with van der Waals surface area (Å²) in [4.78, 5) is 31.5. The molecule has 1 aromatic carbocycles. The molecule has 1 aromatic heterocycles. The summed E-state index contributed by atoms with van der Waals surface area (Å²) in [6.07, 6.45) is 1.31. The predicted octanol–water partition coefficient (Wildman–Crippen LogP) is 1.07. The van der Waals surface area contributed by atoms with Gasteiger partial charge in [-0.3, -0.25) is 14.5 Å². The van der Waals surface area contributed by atoms with E-state index in [9.17, 15) is 9.59 Å². The highest BCUT2D eigenvalue weighted by Gasteiger charge is 2.18. The smallest absolute Gasteiger partial charge is 0.323 e. The summed E-state index contributed by atoms with van der Waals surface area (Å²) in [6.45, 7) is 0.885. The number of nitrogens with zero attached hydrogens (tertiary/aromatic N) is 3. The van der Waals surface area contributed by atoms with Gasteiger partial charge in [-0.15, -0.1) is 0 Å². The Labute approximate surface area is 103 Å². The third-order valence-corrected chi connectivity index (χ3v) is 2.45. The first-order chi connectivity index (χ1) is 8.59. The van der Waals surface area contributed by atoms with Gasteiger partial charge in [0.2, 0.25) is 5.91 Å². The maximum Gasteiger partial charge on any atom is 0.323 e. The molecule has 0 bridgehead atoms. The third kappa shape index (κ3) is 2.27. The second-order valence-corrected chi connectivity index (χ2v) is 3.71. The first kappa shape index (κ1) is 12.0. The average Bonchev–Trinajstić information content (AvgIpc) is 2.35. The van der Waals surface area contributed by atoms with Crippen LogP contribution in [0, 0.1) is 0 Å². The maximum atomic E-state index is 11.5. The first-order valence-electron chi connectivity index (χ1n) is 5.29. The molecule has 0 unspecified atom stereocenters. The molecule has 1 amide bonds. The van der Waals surface area contributed by atoms with Crippen LogP contribution in [0.25, 0.3) is 10.9 Å². The van der Waals surface area contributed by atoms with Gasteiger partial charge in [-0.1, -0.05) is 12.1 Å². The van der Waals surface area contributed by atoms with E-state index in [-0.39, 0.29) is 5.91 Å². The number of hydrogen-bond donors (Lipinski definition) is 1. The lowest BCUT2D eigenvalue weighted by Gasteiger charge is -2.18. The van der Waals surface area contributed by atoms with Gasteiger partial charge in [-0.2, -0.15) is 0 Å². The van der Waals surface area contributed by atoms with E-state index in [1.807, 2.05) is 6.07 Å². The van der Waals surface area contributed by atoms with Gasteiger partial charge in [0, 0.05) is 12.3 Å². The van der Waals surface area contributed by atoms with Crippen LogP contribution in [0.5, 0.6) is 0 Å². The molecule has 6 nitrogen and oxygen atoms in total. The van der Waals surface area contributed by atoms with Gasteiger partial charge >= 0.3 is 5.97 Å². The van der Waals surface area contributed by atoms with Crippen molar-refractivity contribution in [3.8, 4) is 0 Å². The van der Waals surface area contributed by atoms with Crippen LogP contribution in [0.2, 0.25) is 0 Å². The largest absolute Gasteiger partial charge is 0.480 e. The SMILES string of the molecule is CC(=O)N(CC(=O)O)c1ncnc2ccccc12. The van der Waals surface area contributed by atoms with Crippen LogP contribution in [-0.4, -0.2) is 33.5 Å². The van der Waals surface area contributed by atoms with Crippen LogP contribution < -0.4 is 4.90 Å². The summed E-state index contributed by atoms with van der Waals surface area (Å²) >= 11 is 0. The number of aromatic nitrogens is 2. The number of para-hydroxylation sites is 1. The molecule has 0 aliphatic heterocycles.